The smallest absolute Gasteiger partial charge is 0.308 e. The number of ether oxygens (including phenoxy) is 4. The molecule has 1 saturated heterocycles. The average Bonchev–Trinajstić information content (AvgIpc) is 2.99. The Hall–Kier alpha value is -3.12. The van der Waals surface area contributed by atoms with Gasteiger partial charge < -0.3 is 18.9 Å². The van der Waals surface area contributed by atoms with Crippen molar-refractivity contribution >= 4 is 11.9 Å². The summed E-state index contributed by atoms with van der Waals surface area (Å²) in [5.74, 6) is 1.01. The quantitative estimate of drug-likeness (QED) is 0.0922. The van der Waals surface area contributed by atoms with E-state index in [4.69, 9.17) is 18.9 Å². The van der Waals surface area contributed by atoms with Crippen molar-refractivity contribution in [1.29, 1.82) is 0 Å². The van der Waals surface area contributed by atoms with E-state index >= 15 is 0 Å². The lowest BCUT2D eigenvalue weighted by atomic mass is 9.99. The summed E-state index contributed by atoms with van der Waals surface area (Å²) >= 11 is 0. The Balaban J connectivity index is 1.86. The molecule has 2 rings (SSSR count). The maximum Gasteiger partial charge on any atom is 0.308 e. The number of hydrogen-bond acceptors (Lipinski definition) is 6. The molecule has 6 nitrogen and oxygen atoms in total. The van der Waals surface area contributed by atoms with Gasteiger partial charge in [0.05, 0.1) is 13.2 Å². The summed E-state index contributed by atoms with van der Waals surface area (Å²) in [6, 6.07) is 2.02. The zero-order valence-corrected chi connectivity index (χ0v) is 29.3. The molecule has 1 heterocycles. The van der Waals surface area contributed by atoms with Crippen LogP contribution < -0.4 is 9.47 Å². The molecule has 1 atom stereocenters. The van der Waals surface area contributed by atoms with Crippen LogP contribution in [0.5, 0.6) is 11.5 Å². The van der Waals surface area contributed by atoms with Crippen LogP contribution in [0.3, 0.4) is 0 Å². The number of carbonyl (C=O) groups excluding carboxylic acids is 2. The number of hydrogen-bond donors (Lipinski definition) is 0. The monoisotopic (exact) mass is 622 g/mol. The lowest BCUT2D eigenvalue weighted by Gasteiger charge is -2.25. The largest absolute Gasteiger partial charge is 0.466 e. The molecule has 1 aromatic rings. The molecule has 1 aliphatic rings. The zero-order chi connectivity index (χ0) is 33.2. The maximum atomic E-state index is 11.9. The first kappa shape index (κ1) is 38.1. The molecule has 1 fully saturated rings. The molecular weight excluding hydrogens is 564 g/mol. The van der Waals surface area contributed by atoms with Crippen molar-refractivity contribution in [1.82, 2.24) is 0 Å². The number of esters is 2. The highest BCUT2D eigenvalue weighted by molar-refractivity contribution is 5.71. The highest BCUT2D eigenvalue weighted by Crippen LogP contribution is 2.36. The molecule has 0 spiro atoms. The first-order valence-corrected chi connectivity index (χ1v) is 16.9. The number of allylic oxidation sites excluding steroid dienone is 8. The Bertz CT molecular complexity index is 1230. The summed E-state index contributed by atoms with van der Waals surface area (Å²) in [7, 11) is 0. The topological polar surface area (TPSA) is 71.1 Å². The standard InChI is InChI=1S/C39H58O6/c1-9-42-37(41)25-23-31(5)20-14-18-29(3)16-12-15-28(2)17-13-19-30(4)22-24-35-27-36(45-38-21-10-11-26-43-38)32(6)33(7)39(35)44-34(8)40/h16-17,20,22,27,38H,9-15,18-19,21,23-26H2,1-8H3/b28-17+,29-16+,30-22+,31-20+. The van der Waals surface area contributed by atoms with Gasteiger partial charge in [-0.05, 0) is 130 Å². The fourth-order valence-electron chi connectivity index (χ4n) is 5.30. The molecule has 0 saturated carbocycles. The first-order chi connectivity index (χ1) is 21.5. The zero-order valence-electron chi connectivity index (χ0n) is 29.3. The molecule has 0 aliphatic carbocycles. The fraction of sp³-hybridized carbons (Fsp3) is 0.590. The van der Waals surface area contributed by atoms with Gasteiger partial charge in [-0.3, -0.25) is 9.59 Å². The van der Waals surface area contributed by atoms with E-state index in [-0.39, 0.29) is 18.2 Å². The molecule has 0 aromatic heterocycles. The third-order valence-electron chi connectivity index (χ3n) is 8.31. The van der Waals surface area contributed by atoms with E-state index in [2.05, 4.69) is 52.0 Å². The molecular formula is C39H58O6. The summed E-state index contributed by atoms with van der Waals surface area (Å²) in [6.07, 6.45) is 20.1. The second-order valence-electron chi connectivity index (χ2n) is 12.4. The molecule has 0 radical (unpaired) electrons. The van der Waals surface area contributed by atoms with Crippen LogP contribution in [0.1, 0.15) is 129 Å². The SMILES string of the molecule is CCOC(=O)CC/C(C)=C/CC/C(C)=C/CC/C(C)=C/CC/C(C)=C/Cc1cc(OC2CCCCO2)c(C)c(C)c1OC(C)=O. The van der Waals surface area contributed by atoms with E-state index in [9.17, 15) is 9.59 Å². The average molecular weight is 623 g/mol. The third kappa shape index (κ3) is 15.1. The molecule has 0 N–H and O–H groups in total. The van der Waals surface area contributed by atoms with Crippen molar-refractivity contribution in [3.63, 3.8) is 0 Å². The Morgan fingerprint density at radius 1 is 0.800 bits per heavy atom. The molecule has 250 valence electrons. The second-order valence-corrected chi connectivity index (χ2v) is 12.4. The lowest BCUT2D eigenvalue weighted by Crippen LogP contribution is -2.25. The van der Waals surface area contributed by atoms with Gasteiger partial charge >= 0.3 is 11.9 Å². The third-order valence-corrected chi connectivity index (χ3v) is 8.31. The van der Waals surface area contributed by atoms with Crippen LogP contribution in [0.25, 0.3) is 0 Å². The van der Waals surface area contributed by atoms with Crippen LogP contribution in [0.4, 0.5) is 0 Å². The first-order valence-electron chi connectivity index (χ1n) is 16.9. The predicted molar refractivity (Wildman–Crippen MR) is 184 cm³/mol. The lowest BCUT2D eigenvalue weighted by molar-refractivity contribution is -0.143. The van der Waals surface area contributed by atoms with Crippen molar-refractivity contribution < 1.29 is 28.5 Å². The molecule has 6 heteroatoms. The van der Waals surface area contributed by atoms with E-state index in [0.29, 0.717) is 25.2 Å². The van der Waals surface area contributed by atoms with Gasteiger partial charge in [-0.2, -0.15) is 0 Å². The van der Waals surface area contributed by atoms with Crippen LogP contribution in [-0.2, 0) is 25.5 Å². The predicted octanol–water partition coefficient (Wildman–Crippen LogP) is 10.1. The van der Waals surface area contributed by atoms with Crippen molar-refractivity contribution in [2.45, 2.75) is 139 Å². The van der Waals surface area contributed by atoms with Crippen LogP contribution in [0.15, 0.2) is 52.7 Å². The number of rotatable bonds is 18. The molecule has 0 bridgehead atoms. The normalized spacial score (nSPS) is 16.5. The van der Waals surface area contributed by atoms with Gasteiger partial charge in [-0.1, -0.05) is 46.6 Å². The molecule has 45 heavy (non-hydrogen) atoms. The molecule has 1 aromatic carbocycles. The van der Waals surface area contributed by atoms with Gasteiger partial charge in [-0.15, -0.1) is 0 Å². The highest BCUT2D eigenvalue weighted by atomic mass is 16.7. The van der Waals surface area contributed by atoms with Gasteiger partial charge in [0.25, 0.3) is 0 Å². The van der Waals surface area contributed by atoms with Gasteiger partial charge in [0.2, 0.25) is 0 Å². The van der Waals surface area contributed by atoms with E-state index in [1.165, 1.54) is 29.2 Å². The second kappa shape index (κ2) is 20.8. The van der Waals surface area contributed by atoms with Crippen LogP contribution >= 0.6 is 0 Å². The van der Waals surface area contributed by atoms with Gasteiger partial charge in [0, 0.05) is 25.3 Å². The fourth-order valence-corrected chi connectivity index (χ4v) is 5.30. The van der Waals surface area contributed by atoms with Crippen LogP contribution in [0.2, 0.25) is 0 Å². The molecule has 1 aliphatic heterocycles. The number of carbonyl (C=O) groups is 2. The summed E-state index contributed by atoms with van der Waals surface area (Å²) in [5, 5.41) is 0. The summed E-state index contributed by atoms with van der Waals surface area (Å²) in [4.78, 5) is 23.4. The van der Waals surface area contributed by atoms with Gasteiger partial charge in [0.15, 0.2) is 6.29 Å². The minimum absolute atomic E-state index is 0.117. The minimum atomic E-state index is -0.316. The Kier molecular flexibility index (Phi) is 17.6. The molecule has 0 amide bonds. The highest BCUT2D eigenvalue weighted by Gasteiger charge is 2.20. The van der Waals surface area contributed by atoms with E-state index in [1.807, 2.05) is 26.8 Å². The Morgan fingerprint density at radius 2 is 1.38 bits per heavy atom. The Morgan fingerprint density at radius 3 is 1.91 bits per heavy atom. The van der Waals surface area contributed by atoms with Gasteiger partial charge in [0.1, 0.15) is 11.5 Å². The number of benzene rings is 1. The van der Waals surface area contributed by atoms with Crippen LogP contribution in [-0.4, -0.2) is 31.4 Å². The maximum absolute atomic E-state index is 11.9. The summed E-state index contributed by atoms with van der Waals surface area (Å²) < 4.78 is 22.7. The van der Waals surface area contributed by atoms with Crippen molar-refractivity contribution in [2.75, 3.05) is 13.2 Å². The van der Waals surface area contributed by atoms with E-state index in [1.54, 1.807) is 0 Å². The van der Waals surface area contributed by atoms with Crippen LogP contribution in [0, 0.1) is 13.8 Å². The van der Waals surface area contributed by atoms with E-state index in [0.717, 1.165) is 93.3 Å². The molecule has 1 unspecified atom stereocenters. The summed E-state index contributed by atoms with van der Waals surface area (Å²) in [5.41, 5.74) is 8.25. The minimum Gasteiger partial charge on any atom is -0.466 e. The summed E-state index contributed by atoms with van der Waals surface area (Å²) in [6.45, 7) is 17.1. The van der Waals surface area contributed by atoms with Gasteiger partial charge in [-0.25, -0.2) is 0 Å². The van der Waals surface area contributed by atoms with E-state index < -0.39 is 0 Å². The Labute approximate surface area is 272 Å². The van der Waals surface area contributed by atoms with Crippen molar-refractivity contribution in [3.05, 3.63) is 69.4 Å². The van der Waals surface area contributed by atoms with Crippen molar-refractivity contribution in [3.8, 4) is 11.5 Å². The van der Waals surface area contributed by atoms with Crippen molar-refractivity contribution in [2.24, 2.45) is 0 Å².